The van der Waals surface area contributed by atoms with Crippen LogP contribution in [0.25, 0.3) is 11.3 Å². The molecule has 3 rings (SSSR count). The Bertz CT molecular complexity index is 866. The van der Waals surface area contributed by atoms with Crippen LogP contribution < -0.4 is 4.74 Å². The highest BCUT2D eigenvalue weighted by Gasteiger charge is 2.11. The Morgan fingerprint density at radius 1 is 1.13 bits per heavy atom. The molecule has 0 aliphatic heterocycles. The lowest BCUT2D eigenvalue weighted by Crippen LogP contribution is -1.97. The zero-order valence-electron chi connectivity index (χ0n) is 11.8. The minimum absolute atomic E-state index is 0.289. The number of rotatable bonds is 4. The second kappa shape index (κ2) is 6.69. The van der Waals surface area contributed by atoms with Crippen molar-refractivity contribution in [3.05, 3.63) is 63.8 Å². The topological polar surface area (TPSA) is 74.6 Å². The first-order chi connectivity index (χ1) is 11.2. The molecular weight excluding hydrogens is 335 g/mol. The van der Waals surface area contributed by atoms with Gasteiger partial charge < -0.3 is 4.74 Å². The fraction of sp³-hybridized carbons (Fsp3) is 0.0625. The van der Waals surface area contributed by atoms with Gasteiger partial charge in [0.1, 0.15) is 18.4 Å². The van der Waals surface area contributed by atoms with Gasteiger partial charge in [0, 0.05) is 5.56 Å². The van der Waals surface area contributed by atoms with Gasteiger partial charge in [-0.25, -0.2) is 5.10 Å². The van der Waals surface area contributed by atoms with Crippen molar-refractivity contribution in [3.63, 3.8) is 0 Å². The lowest BCUT2D eigenvalue weighted by molar-refractivity contribution is 0.306. The molecule has 1 aromatic heterocycles. The molecular formula is C16H10Cl2N4O. The van der Waals surface area contributed by atoms with E-state index in [2.05, 4.69) is 15.4 Å². The summed E-state index contributed by atoms with van der Waals surface area (Å²) in [6, 6.07) is 14.7. The van der Waals surface area contributed by atoms with E-state index in [0.29, 0.717) is 27.2 Å². The standard InChI is InChI=1S/C16H10Cl2N4O/c17-12-5-2-6-13(18)16(12)23-9-10-3-1-4-11(7-10)15-14(8-19)20-22-21-15/h1-7H,9H2,(H,20,21,22). The van der Waals surface area contributed by atoms with E-state index >= 15 is 0 Å². The summed E-state index contributed by atoms with van der Waals surface area (Å²) in [7, 11) is 0. The first kappa shape index (κ1) is 15.3. The Hall–Kier alpha value is -2.55. The average molecular weight is 345 g/mol. The van der Waals surface area contributed by atoms with Crippen molar-refractivity contribution in [2.75, 3.05) is 0 Å². The molecule has 1 N–H and O–H groups in total. The van der Waals surface area contributed by atoms with Crippen molar-refractivity contribution >= 4 is 23.2 Å². The molecule has 23 heavy (non-hydrogen) atoms. The van der Waals surface area contributed by atoms with Crippen LogP contribution in [0.15, 0.2) is 42.5 Å². The minimum Gasteiger partial charge on any atom is -0.486 e. The summed E-state index contributed by atoms with van der Waals surface area (Å²) in [6.07, 6.45) is 0. The number of nitrogens with zero attached hydrogens (tertiary/aromatic N) is 3. The molecule has 0 amide bonds. The van der Waals surface area contributed by atoms with Crippen LogP contribution in [0.3, 0.4) is 0 Å². The van der Waals surface area contributed by atoms with E-state index in [1.165, 1.54) is 0 Å². The summed E-state index contributed by atoms with van der Waals surface area (Å²) in [6.45, 7) is 0.289. The average Bonchev–Trinajstić information content (AvgIpc) is 3.03. The number of aromatic amines is 1. The summed E-state index contributed by atoms with van der Waals surface area (Å²) in [5.74, 6) is 0.445. The number of hydrogen-bond donors (Lipinski definition) is 1. The third-order valence-electron chi connectivity index (χ3n) is 3.16. The molecule has 0 atom stereocenters. The Labute approximate surface area is 142 Å². The molecule has 0 aliphatic rings. The van der Waals surface area contributed by atoms with Crippen molar-refractivity contribution in [3.8, 4) is 23.1 Å². The first-order valence-corrected chi connectivity index (χ1v) is 7.42. The maximum absolute atomic E-state index is 9.04. The SMILES string of the molecule is N#Cc1[nH]nnc1-c1cccc(COc2c(Cl)cccc2Cl)c1. The zero-order chi connectivity index (χ0) is 16.2. The quantitative estimate of drug-likeness (QED) is 0.768. The molecule has 5 nitrogen and oxygen atoms in total. The fourth-order valence-corrected chi connectivity index (χ4v) is 2.60. The number of nitriles is 1. The summed E-state index contributed by atoms with van der Waals surface area (Å²) in [4.78, 5) is 0. The summed E-state index contributed by atoms with van der Waals surface area (Å²) >= 11 is 12.2. The third-order valence-corrected chi connectivity index (χ3v) is 3.76. The maximum atomic E-state index is 9.04. The second-order valence-electron chi connectivity index (χ2n) is 4.69. The Morgan fingerprint density at radius 3 is 2.61 bits per heavy atom. The van der Waals surface area contributed by atoms with Crippen LogP contribution in [-0.4, -0.2) is 15.4 Å². The molecule has 0 bridgehead atoms. The lowest BCUT2D eigenvalue weighted by Gasteiger charge is -2.10. The molecule has 0 spiro atoms. The van der Waals surface area contributed by atoms with Crippen molar-refractivity contribution in [1.29, 1.82) is 5.26 Å². The molecule has 0 saturated heterocycles. The van der Waals surface area contributed by atoms with Gasteiger partial charge in [-0.3, -0.25) is 0 Å². The summed E-state index contributed by atoms with van der Waals surface area (Å²) < 4.78 is 5.71. The van der Waals surface area contributed by atoms with Gasteiger partial charge in [-0.1, -0.05) is 52.7 Å². The van der Waals surface area contributed by atoms with Crippen LogP contribution in [0.2, 0.25) is 10.0 Å². The number of hydrogen-bond acceptors (Lipinski definition) is 4. The molecule has 0 radical (unpaired) electrons. The van der Waals surface area contributed by atoms with E-state index < -0.39 is 0 Å². The molecule has 1 heterocycles. The van der Waals surface area contributed by atoms with Gasteiger partial charge in [0.25, 0.3) is 0 Å². The molecule has 0 saturated carbocycles. The van der Waals surface area contributed by atoms with Gasteiger partial charge in [0.15, 0.2) is 11.4 Å². The van der Waals surface area contributed by atoms with E-state index in [9.17, 15) is 0 Å². The monoisotopic (exact) mass is 344 g/mol. The number of nitrogens with one attached hydrogen (secondary N) is 1. The molecule has 114 valence electrons. The smallest absolute Gasteiger partial charge is 0.163 e. The molecule has 0 aliphatic carbocycles. The van der Waals surface area contributed by atoms with Crippen LogP contribution in [0.5, 0.6) is 5.75 Å². The van der Waals surface area contributed by atoms with E-state index in [0.717, 1.165) is 11.1 Å². The van der Waals surface area contributed by atoms with Gasteiger partial charge in [0.2, 0.25) is 0 Å². The largest absolute Gasteiger partial charge is 0.486 e. The van der Waals surface area contributed by atoms with Gasteiger partial charge in [-0.15, -0.1) is 5.10 Å². The number of ether oxygens (including phenoxy) is 1. The molecule has 3 aromatic rings. The summed E-state index contributed by atoms with van der Waals surface area (Å²) in [5, 5.41) is 20.1. The van der Waals surface area contributed by atoms with Gasteiger partial charge >= 0.3 is 0 Å². The lowest BCUT2D eigenvalue weighted by atomic mass is 10.1. The number of H-pyrrole nitrogens is 1. The van der Waals surface area contributed by atoms with Crippen LogP contribution in [-0.2, 0) is 6.61 Å². The predicted octanol–water partition coefficient (Wildman–Crippen LogP) is 4.23. The van der Waals surface area contributed by atoms with Gasteiger partial charge in [0.05, 0.1) is 10.0 Å². The number of halogens is 2. The highest BCUT2D eigenvalue weighted by molar-refractivity contribution is 6.37. The van der Waals surface area contributed by atoms with E-state index in [-0.39, 0.29) is 6.61 Å². The highest BCUT2D eigenvalue weighted by atomic mass is 35.5. The molecule has 2 aromatic carbocycles. The van der Waals surface area contributed by atoms with Crippen molar-refractivity contribution < 1.29 is 4.74 Å². The number of aromatic nitrogens is 3. The van der Waals surface area contributed by atoms with Gasteiger partial charge in [-0.05, 0) is 23.8 Å². The summed E-state index contributed by atoms with van der Waals surface area (Å²) in [5.41, 5.74) is 2.49. The van der Waals surface area contributed by atoms with Crippen LogP contribution in [0.4, 0.5) is 0 Å². The predicted molar refractivity (Wildman–Crippen MR) is 87.3 cm³/mol. The van der Waals surface area contributed by atoms with Crippen LogP contribution in [0.1, 0.15) is 11.3 Å². The normalized spacial score (nSPS) is 10.3. The zero-order valence-corrected chi connectivity index (χ0v) is 13.3. The molecule has 7 heteroatoms. The van der Waals surface area contributed by atoms with Crippen molar-refractivity contribution in [1.82, 2.24) is 15.4 Å². The minimum atomic E-state index is 0.289. The van der Waals surface area contributed by atoms with E-state index in [4.69, 9.17) is 33.2 Å². The fourth-order valence-electron chi connectivity index (χ4n) is 2.09. The molecule has 0 unspecified atom stereocenters. The maximum Gasteiger partial charge on any atom is 0.163 e. The Morgan fingerprint density at radius 2 is 1.87 bits per heavy atom. The highest BCUT2D eigenvalue weighted by Crippen LogP contribution is 2.33. The first-order valence-electron chi connectivity index (χ1n) is 6.66. The Kier molecular flexibility index (Phi) is 4.47. The van der Waals surface area contributed by atoms with E-state index in [1.807, 2.05) is 30.3 Å². The van der Waals surface area contributed by atoms with Gasteiger partial charge in [-0.2, -0.15) is 5.26 Å². The van der Waals surface area contributed by atoms with E-state index in [1.54, 1.807) is 18.2 Å². The van der Waals surface area contributed by atoms with Crippen LogP contribution >= 0.6 is 23.2 Å². The molecule has 0 fully saturated rings. The van der Waals surface area contributed by atoms with Crippen molar-refractivity contribution in [2.45, 2.75) is 6.61 Å². The number of para-hydroxylation sites is 1. The van der Waals surface area contributed by atoms with Crippen LogP contribution in [0, 0.1) is 11.3 Å². The van der Waals surface area contributed by atoms with Crippen molar-refractivity contribution in [2.24, 2.45) is 0 Å². The third kappa shape index (κ3) is 3.29. The Balaban J connectivity index is 1.83. The number of benzene rings is 2. The second-order valence-corrected chi connectivity index (χ2v) is 5.50.